The fourth-order valence-corrected chi connectivity index (χ4v) is 3.42. The van der Waals surface area contributed by atoms with Crippen LogP contribution in [0.5, 0.6) is 0 Å². The van der Waals surface area contributed by atoms with Crippen molar-refractivity contribution in [1.82, 2.24) is 15.0 Å². The summed E-state index contributed by atoms with van der Waals surface area (Å²) >= 11 is 4.57. The molecule has 1 heterocycles. The van der Waals surface area contributed by atoms with Gasteiger partial charge in [-0.2, -0.15) is 0 Å². The molecular weight excluding hydrogens is 404 g/mol. The lowest BCUT2D eigenvalue weighted by atomic mass is 10.2. The van der Waals surface area contributed by atoms with Gasteiger partial charge in [0.25, 0.3) is 5.56 Å². The van der Waals surface area contributed by atoms with Gasteiger partial charge in [-0.15, -0.1) is 0 Å². The van der Waals surface area contributed by atoms with Gasteiger partial charge in [0.2, 0.25) is 5.91 Å². The van der Waals surface area contributed by atoms with Gasteiger partial charge in [0, 0.05) is 11.0 Å². The van der Waals surface area contributed by atoms with E-state index in [0.29, 0.717) is 22.6 Å². The molecule has 3 rings (SSSR count). The van der Waals surface area contributed by atoms with E-state index in [1.165, 1.54) is 0 Å². The molecular formula is C17H15BrN4O2S. The Kier molecular flexibility index (Phi) is 5.40. The lowest BCUT2D eigenvalue weighted by Crippen LogP contribution is -2.31. The van der Waals surface area contributed by atoms with Crippen LogP contribution < -0.4 is 16.7 Å². The second-order valence-electron chi connectivity index (χ2n) is 5.24. The normalized spacial score (nSPS) is 10.8. The standard InChI is InChI=1S/C17H15BrN4O2S/c18-13-7-3-1-5-11(13)9-20-15(23)10-25-17-21-14-8-4-2-6-12(14)16(24)22(17)19/h1-8H,9-10,19H2,(H,20,23). The van der Waals surface area contributed by atoms with Gasteiger partial charge in [-0.3, -0.25) is 9.59 Å². The average Bonchev–Trinajstić information content (AvgIpc) is 2.63. The molecule has 8 heteroatoms. The zero-order chi connectivity index (χ0) is 17.8. The minimum absolute atomic E-state index is 0.117. The van der Waals surface area contributed by atoms with Crippen molar-refractivity contribution in [2.24, 2.45) is 0 Å². The molecule has 0 aliphatic rings. The largest absolute Gasteiger partial charge is 0.351 e. The number of nitrogens with one attached hydrogen (secondary N) is 1. The number of nitrogen functional groups attached to an aromatic ring is 1. The number of carbonyl (C=O) groups is 1. The molecule has 2 aromatic carbocycles. The molecule has 0 saturated heterocycles. The van der Waals surface area contributed by atoms with Gasteiger partial charge in [0.1, 0.15) is 0 Å². The Morgan fingerprint density at radius 3 is 2.72 bits per heavy atom. The Morgan fingerprint density at radius 1 is 1.20 bits per heavy atom. The highest BCUT2D eigenvalue weighted by Crippen LogP contribution is 2.17. The van der Waals surface area contributed by atoms with Crippen LogP contribution in [0, 0.1) is 0 Å². The predicted molar refractivity (Wildman–Crippen MR) is 103 cm³/mol. The number of halogens is 1. The Labute approximate surface area is 156 Å². The number of hydrogen-bond donors (Lipinski definition) is 2. The van der Waals surface area contributed by atoms with Crippen LogP contribution in [-0.4, -0.2) is 21.3 Å². The zero-order valence-electron chi connectivity index (χ0n) is 13.1. The maximum absolute atomic E-state index is 12.2. The minimum atomic E-state index is -0.332. The van der Waals surface area contributed by atoms with Crippen LogP contribution in [-0.2, 0) is 11.3 Å². The minimum Gasteiger partial charge on any atom is -0.351 e. The van der Waals surface area contributed by atoms with E-state index in [1.807, 2.05) is 24.3 Å². The van der Waals surface area contributed by atoms with Crippen molar-refractivity contribution in [2.45, 2.75) is 11.7 Å². The van der Waals surface area contributed by atoms with Crippen LogP contribution in [0.15, 0.2) is 63.0 Å². The maximum atomic E-state index is 12.2. The van der Waals surface area contributed by atoms with Gasteiger partial charge < -0.3 is 11.2 Å². The van der Waals surface area contributed by atoms with Gasteiger partial charge >= 0.3 is 0 Å². The summed E-state index contributed by atoms with van der Waals surface area (Å²) in [4.78, 5) is 28.6. The molecule has 1 aromatic heterocycles. The van der Waals surface area contributed by atoms with Crippen LogP contribution in [0.4, 0.5) is 0 Å². The first kappa shape index (κ1) is 17.5. The molecule has 0 spiro atoms. The van der Waals surface area contributed by atoms with Gasteiger partial charge in [0.05, 0.1) is 16.7 Å². The van der Waals surface area contributed by atoms with E-state index in [0.717, 1.165) is 26.5 Å². The van der Waals surface area contributed by atoms with Crippen LogP contribution in [0.25, 0.3) is 10.9 Å². The molecule has 0 saturated carbocycles. The number of benzene rings is 2. The number of nitrogens with zero attached hydrogens (tertiary/aromatic N) is 2. The number of carbonyl (C=O) groups excluding carboxylic acids is 1. The summed E-state index contributed by atoms with van der Waals surface area (Å²) in [6.07, 6.45) is 0. The third-order valence-corrected chi connectivity index (χ3v) is 5.27. The Bertz CT molecular complexity index is 990. The zero-order valence-corrected chi connectivity index (χ0v) is 15.5. The van der Waals surface area contributed by atoms with Crippen molar-refractivity contribution in [3.63, 3.8) is 0 Å². The van der Waals surface area contributed by atoms with E-state index < -0.39 is 0 Å². The Balaban J connectivity index is 1.66. The number of rotatable bonds is 5. The first-order valence-corrected chi connectivity index (χ1v) is 9.24. The summed E-state index contributed by atoms with van der Waals surface area (Å²) in [5, 5.41) is 3.59. The van der Waals surface area contributed by atoms with Gasteiger partial charge in [-0.05, 0) is 23.8 Å². The van der Waals surface area contributed by atoms with Crippen molar-refractivity contribution in [3.8, 4) is 0 Å². The first-order valence-electron chi connectivity index (χ1n) is 7.46. The van der Waals surface area contributed by atoms with Gasteiger partial charge in [-0.25, -0.2) is 9.66 Å². The average molecular weight is 419 g/mol. The van der Waals surface area contributed by atoms with Crippen LogP contribution >= 0.6 is 27.7 Å². The molecule has 0 radical (unpaired) electrons. The number of amides is 1. The Hall–Kier alpha value is -2.32. The third-order valence-electron chi connectivity index (χ3n) is 3.54. The third kappa shape index (κ3) is 4.02. The molecule has 128 valence electrons. The Morgan fingerprint density at radius 2 is 1.92 bits per heavy atom. The second-order valence-corrected chi connectivity index (χ2v) is 7.04. The molecule has 0 atom stereocenters. The molecule has 0 aliphatic heterocycles. The summed E-state index contributed by atoms with van der Waals surface area (Å²) in [5.74, 6) is 5.76. The quantitative estimate of drug-likeness (QED) is 0.376. The fraction of sp³-hybridized carbons (Fsp3) is 0.118. The van der Waals surface area contributed by atoms with Crippen molar-refractivity contribution in [3.05, 3.63) is 68.9 Å². The molecule has 0 bridgehead atoms. The predicted octanol–water partition coefficient (Wildman–Crippen LogP) is 2.28. The number of para-hydroxylation sites is 1. The number of fused-ring (bicyclic) bond motifs is 1. The van der Waals surface area contributed by atoms with Crippen LogP contribution in [0.2, 0.25) is 0 Å². The highest BCUT2D eigenvalue weighted by Gasteiger charge is 2.11. The highest BCUT2D eigenvalue weighted by molar-refractivity contribution is 9.10. The molecule has 6 nitrogen and oxygen atoms in total. The van der Waals surface area contributed by atoms with Crippen molar-refractivity contribution in [2.75, 3.05) is 11.6 Å². The fourth-order valence-electron chi connectivity index (χ4n) is 2.24. The van der Waals surface area contributed by atoms with Crippen LogP contribution in [0.1, 0.15) is 5.56 Å². The van der Waals surface area contributed by atoms with Crippen LogP contribution in [0.3, 0.4) is 0 Å². The number of hydrogen-bond acceptors (Lipinski definition) is 5. The lowest BCUT2D eigenvalue weighted by molar-refractivity contribution is -0.118. The van der Waals surface area contributed by atoms with Gasteiger partial charge in [-0.1, -0.05) is 58.0 Å². The van der Waals surface area contributed by atoms with E-state index in [1.54, 1.807) is 24.3 Å². The smallest absolute Gasteiger partial charge is 0.280 e. The summed E-state index contributed by atoms with van der Waals surface area (Å²) in [5.41, 5.74) is 1.22. The van der Waals surface area contributed by atoms with E-state index in [4.69, 9.17) is 5.84 Å². The SMILES string of the molecule is Nn1c(SCC(=O)NCc2ccccc2Br)nc2ccccc2c1=O. The van der Waals surface area contributed by atoms with Crippen molar-refractivity contribution in [1.29, 1.82) is 0 Å². The number of aromatic nitrogens is 2. The second kappa shape index (κ2) is 7.71. The topological polar surface area (TPSA) is 90.0 Å². The molecule has 1 amide bonds. The number of thioether (sulfide) groups is 1. The molecule has 3 N–H and O–H groups in total. The summed E-state index contributed by atoms with van der Waals surface area (Å²) in [7, 11) is 0. The van der Waals surface area contributed by atoms with Crippen molar-refractivity contribution >= 4 is 44.5 Å². The van der Waals surface area contributed by atoms with E-state index in [2.05, 4.69) is 26.2 Å². The summed E-state index contributed by atoms with van der Waals surface area (Å²) in [6, 6.07) is 14.6. The molecule has 0 fully saturated rings. The van der Waals surface area contributed by atoms with Crippen molar-refractivity contribution < 1.29 is 4.79 Å². The lowest BCUT2D eigenvalue weighted by Gasteiger charge is -2.09. The van der Waals surface area contributed by atoms with E-state index in [-0.39, 0.29) is 17.2 Å². The molecule has 0 aliphatic carbocycles. The van der Waals surface area contributed by atoms with E-state index in [9.17, 15) is 9.59 Å². The monoisotopic (exact) mass is 418 g/mol. The molecule has 3 aromatic rings. The number of nitrogens with two attached hydrogens (primary N) is 1. The molecule has 0 unspecified atom stereocenters. The highest BCUT2D eigenvalue weighted by atomic mass is 79.9. The first-order chi connectivity index (χ1) is 12.1. The van der Waals surface area contributed by atoms with E-state index >= 15 is 0 Å². The summed E-state index contributed by atoms with van der Waals surface area (Å²) < 4.78 is 1.92. The maximum Gasteiger partial charge on any atom is 0.280 e. The summed E-state index contributed by atoms with van der Waals surface area (Å²) in [6.45, 7) is 0.418. The molecule has 25 heavy (non-hydrogen) atoms. The van der Waals surface area contributed by atoms with Gasteiger partial charge in [0.15, 0.2) is 5.16 Å².